The van der Waals surface area contributed by atoms with Gasteiger partial charge in [-0.15, -0.1) is 0 Å². The maximum Gasteiger partial charge on any atom is 0.395 e. The lowest BCUT2D eigenvalue weighted by Gasteiger charge is -2.30. The van der Waals surface area contributed by atoms with Crippen molar-refractivity contribution in [2.75, 3.05) is 20.6 Å². The Morgan fingerprint density at radius 1 is 1.28 bits per heavy atom. The van der Waals surface area contributed by atoms with E-state index in [0.29, 0.717) is 17.5 Å². The fourth-order valence-electron chi connectivity index (χ4n) is 4.05. The highest BCUT2D eigenvalue weighted by molar-refractivity contribution is 5.77. The van der Waals surface area contributed by atoms with Gasteiger partial charge in [-0.3, -0.25) is 9.78 Å². The lowest BCUT2D eigenvalue weighted by Crippen LogP contribution is -2.42. The molecule has 32 heavy (non-hydrogen) atoms. The SMILES string of the molecule is CN(C)C(CNC(=O)CC(c1cccnc1)C1(C(F)(F)F)CC1)Cc1ccc(O)c(F)c1. The van der Waals surface area contributed by atoms with E-state index < -0.39 is 35.0 Å². The summed E-state index contributed by atoms with van der Waals surface area (Å²) in [5.74, 6) is -2.65. The van der Waals surface area contributed by atoms with Crippen LogP contribution in [-0.2, 0) is 11.2 Å². The summed E-state index contributed by atoms with van der Waals surface area (Å²) in [5, 5.41) is 12.1. The largest absolute Gasteiger partial charge is 0.505 e. The van der Waals surface area contributed by atoms with Gasteiger partial charge in [-0.2, -0.15) is 13.2 Å². The lowest BCUT2D eigenvalue weighted by atomic mass is 9.80. The topological polar surface area (TPSA) is 65.5 Å². The number of likely N-dealkylation sites (N-methyl/N-ethyl adjacent to an activating group) is 1. The van der Waals surface area contributed by atoms with Gasteiger partial charge in [-0.05, 0) is 62.7 Å². The Hall–Kier alpha value is -2.68. The summed E-state index contributed by atoms with van der Waals surface area (Å²) < 4.78 is 55.0. The van der Waals surface area contributed by atoms with Crippen LogP contribution in [0.2, 0.25) is 0 Å². The molecule has 5 nitrogen and oxygen atoms in total. The van der Waals surface area contributed by atoms with E-state index in [1.54, 1.807) is 32.3 Å². The lowest BCUT2D eigenvalue weighted by molar-refractivity contribution is -0.194. The van der Waals surface area contributed by atoms with Crippen molar-refractivity contribution in [1.82, 2.24) is 15.2 Å². The Kier molecular flexibility index (Phi) is 7.07. The number of halogens is 4. The Labute approximate surface area is 184 Å². The zero-order chi connectivity index (χ0) is 23.5. The summed E-state index contributed by atoms with van der Waals surface area (Å²) in [7, 11) is 3.60. The zero-order valence-electron chi connectivity index (χ0n) is 18.0. The Bertz CT molecular complexity index is 931. The number of carbonyl (C=O) groups excluding carboxylic acids is 1. The molecule has 9 heteroatoms. The molecule has 1 saturated carbocycles. The molecule has 2 unspecified atom stereocenters. The molecule has 0 spiro atoms. The highest BCUT2D eigenvalue weighted by Crippen LogP contribution is 2.66. The fraction of sp³-hybridized carbons (Fsp3) is 0.478. The van der Waals surface area contributed by atoms with Crippen LogP contribution in [0.5, 0.6) is 5.75 Å². The van der Waals surface area contributed by atoms with Crippen LogP contribution in [0.25, 0.3) is 0 Å². The van der Waals surface area contributed by atoms with E-state index in [4.69, 9.17) is 0 Å². The summed E-state index contributed by atoms with van der Waals surface area (Å²) in [6.45, 7) is 0.188. The third kappa shape index (κ3) is 5.38. The van der Waals surface area contributed by atoms with Gasteiger partial charge in [-0.1, -0.05) is 12.1 Å². The second-order valence-electron chi connectivity index (χ2n) is 8.61. The van der Waals surface area contributed by atoms with Crippen LogP contribution in [0.1, 0.15) is 36.3 Å². The highest BCUT2D eigenvalue weighted by atomic mass is 19.4. The molecule has 1 aromatic carbocycles. The molecule has 1 heterocycles. The van der Waals surface area contributed by atoms with Gasteiger partial charge in [0, 0.05) is 37.3 Å². The van der Waals surface area contributed by atoms with Gasteiger partial charge in [0.2, 0.25) is 5.91 Å². The number of phenolic OH excluding ortho intramolecular Hbond substituents is 1. The Morgan fingerprint density at radius 3 is 2.53 bits per heavy atom. The minimum Gasteiger partial charge on any atom is -0.505 e. The molecule has 1 amide bonds. The van der Waals surface area contributed by atoms with Crippen LogP contribution >= 0.6 is 0 Å². The number of alkyl halides is 3. The zero-order valence-corrected chi connectivity index (χ0v) is 18.0. The molecule has 3 rings (SSSR count). The monoisotopic (exact) mass is 453 g/mol. The van der Waals surface area contributed by atoms with Crippen molar-refractivity contribution < 1.29 is 27.5 Å². The predicted molar refractivity (Wildman–Crippen MR) is 112 cm³/mol. The molecular formula is C23H27F4N3O2. The number of hydrogen-bond donors (Lipinski definition) is 2. The summed E-state index contributed by atoms with van der Waals surface area (Å²) in [6, 6.07) is 7.03. The minimum absolute atomic E-state index is 0.00389. The summed E-state index contributed by atoms with van der Waals surface area (Å²) in [4.78, 5) is 18.5. The van der Waals surface area contributed by atoms with E-state index >= 15 is 0 Å². The molecule has 0 bridgehead atoms. The van der Waals surface area contributed by atoms with Gasteiger partial charge in [0.1, 0.15) is 0 Å². The predicted octanol–water partition coefficient (Wildman–Crippen LogP) is 4.03. The Morgan fingerprint density at radius 2 is 2.00 bits per heavy atom. The molecule has 0 aliphatic heterocycles. The van der Waals surface area contributed by atoms with Crippen molar-refractivity contribution in [2.45, 2.75) is 43.8 Å². The number of rotatable bonds is 9. The highest BCUT2D eigenvalue weighted by Gasteiger charge is 2.67. The summed E-state index contributed by atoms with van der Waals surface area (Å²) in [5.41, 5.74) is -0.852. The molecule has 1 aliphatic carbocycles. The smallest absolute Gasteiger partial charge is 0.395 e. The average molecular weight is 453 g/mol. The molecular weight excluding hydrogens is 426 g/mol. The van der Waals surface area contributed by atoms with Crippen LogP contribution in [0.3, 0.4) is 0 Å². The molecule has 2 aromatic rings. The van der Waals surface area contributed by atoms with Crippen LogP contribution in [0.4, 0.5) is 17.6 Å². The van der Waals surface area contributed by atoms with Gasteiger partial charge in [0.05, 0.1) is 5.41 Å². The fourth-order valence-corrected chi connectivity index (χ4v) is 4.05. The molecule has 1 aromatic heterocycles. The maximum absolute atomic E-state index is 13.8. The van der Waals surface area contributed by atoms with E-state index in [0.717, 1.165) is 0 Å². The third-order valence-electron chi connectivity index (χ3n) is 6.25. The van der Waals surface area contributed by atoms with E-state index in [1.165, 1.54) is 24.5 Å². The number of aromatic hydroxyl groups is 1. The first-order chi connectivity index (χ1) is 15.0. The third-order valence-corrected chi connectivity index (χ3v) is 6.25. The molecule has 174 valence electrons. The second kappa shape index (κ2) is 9.44. The van der Waals surface area contributed by atoms with Crippen LogP contribution < -0.4 is 5.32 Å². The molecule has 0 radical (unpaired) electrons. The first-order valence-electron chi connectivity index (χ1n) is 10.4. The van der Waals surface area contributed by atoms with E-state index in [1.807, 2.05) is 4.90 Å². The minimum atomic E-state index is -4.40. The first kappa shape index (κ1) is 24.0. The van der Waals surface area contributed by atoms with Crippen molar-refractivity contribution >= 4 is 5.91 Å². The van der Waals surface area contributed by atoms with Crippen molar-refractivity contribution in [3.05, 3.63) is 59.7 Å². The Balaban J connectivity index is 1.68. The second-order valence-corrected chi connectivity index (χ2v) is 8.61. The first-order valence-corrected chi connectivity index (χ1v) is 10.4. The van der Waals surface area contributed by atoms with E-state index in [9.17, 15) is 27.5 Å². The van der Waals surface area contributed by atoms with E-state index in [2.05, 4.69) is 10.3 Å². The number of nitrogens with one attached hydrogen (secondary N) is 1. The van der Waals surface area contributed by atoms with Gasteiger partial charge >= 0.3 is 6.18 Å². The van der Waals surface area contributed by atoms with Crippen molar-refractivity contribution in [3.63, 3.8) is 0 Å². The standard InChI is InChI=1S/C23H27F4N3O2/c1-30(2)17(10-15-5-6-20(31)19(24)11-15)14-29-21(32)12-18(16-4-3-9-28-13-16)22(7-8-22)23(25,26)27/h3-6,9,11,13,17-18,31H,7-8,10,12,14H2,1-2H3,(H,29,32). The maximum atomic E-state index is 13.8. The number of aromatic nitrogens is 1. The van der Waals surface area contributed by atoms with Crippen molar-refractivity contribution in [2.24, 2.45) is 5.41 Å². The molecule has 2 atom stereocenters. The number of amides is 1. The molecule has 1 fully saturated rings. The van der Waals surface area contributed by atoms with Crippen molar-refractivity contribution in [1.29, 1.82) is 0 Å². The summed E-state index contributed by atoms with van der Waals surface area (Å²) in [6.07, 6.45) is -1.43. The number of pyridine rings is 1. The average Bonchev–Trinajstić information content (AvgIpc) is 3.54. The van der Waals surface area contributed by atoms with Crippen molar-refractivity contribution in [3.8, 4) is 5.75 Å². The van der Waals surface area contributed by atoms with Crippen LogP contribution in [0.15, 0.2) is 42.7 Å². The molecule has 1 aliphatic rings. The number of phenols is 1. The van der Waals surface area contributed by atoms with Gasteiger partial charge < -0.3 is 15.3 Å². The van der Waals surface area contributed by atoms with Gasteiger partial charge in [0.15, 0.2) is 11.6 Å². The van der Waals surface area contributed by atoms with Gasteiger partial charge in [-0.25, -0.2) is 4.39 Å². The van der Waals surface area contributed by atoms with E-state index in [-0.39, 0.29) is 31.8 Å². The summed E-state index contributed by atoms with van der Waals surface area (Å²) >= 11 is 0. The molecule has 2 N–H and O–H groups in total. The quantitative estimate of drug-likeness (QED) is 0.563. The van der Waals surface area contributed by atoms with Crippen LogP contribution in [-0.4, -0.2) is 53.8 Å². The number of hydrogen-bond acceptors (Lipinski definition) is 4. The number of benzene rings is 1. The number of carbonyl (C=O) groups is 1. The molecule has 0 saturated heterocycles. The van der Waals surface area contributed by atoms with Crippen LogP contribution in [0, 0.1) is 11.2 Å². The normalized spacial score (nSPS) is 17.1. The van der Waals surface area contributed by atoms with Gasteiger partial charge in [0.25, 0.3) is 0 Å². The number of nitrogens with zero attached hydrogens (tertiary/aromatic N) is 2.